The molecule has 1 rings (SSSR count). The summed E-state index contributed by atoms with van der Waals surface area (Å²) < 4.78 is 4.94. The van der Waals surface area contributed by atoms with Crippen LogP contribution in [-0.2, 0) is 4.74 Å². The zero-order valence-corrected chi connectivity index (χ0v) is 10.2. The standard InChI is InChI=1S/C11H19N5O/c1-9-6-10(8-13-7-9)15-11(16-12)14-4-3-5-17-2/h6-8H,3-5,12H2,1-2H3,(H2,14,15,16). The van der Waals surface area contributed by atoms with Crippen molar-refractivity contribution in [2.45, 2.75) is 13.3 Å². The summed E-state index contributed by atoms with van der Waals surface area (Å²) in [5.74, 6) is 5.90. The molecule has 0 saturated heterocycles. The maximum Gasteiger partial charge on any atom is 0.210 e. The number of hydrogen-bond acceptors (Lipinski definition) is 4. The SMILES string of the molecule is COCCCN=C(NN)Nc1cncc(C)c1. The van der Waals surface area contributed by atoms with Crippen molar-refractivity contribution in [1.29, 1.82) is 0 Å². The normalized spacial score (nSPS) is 11.4. The van der Waals surface area contributed by atoms with E-state index in [1.165, 1.54) is 0 Å². The van der Waals surface area contributed by atoms with Crippen molar-refractivity contribution < 1.29 is 4.74 Å². The molecule has 0 aliphatic carbocycles. The topological polar surface area (TPSA) is 84.6 Å². The molecule has 1 heterocycles. The van der Waals surface area contributed by atoms with E-state index in [1.807, 2.05) is 13.0 Å². The molecule has 6 heteroatoms. The summed E-state index contributed by atoms with van der Waals surface area (Å²) in [5, 5.41) is 3.06. The molecule has 0 radical (unpaired) electrons. The number of aromatic nitrogens is 1. The average molecular weight is 237 g/mol. The van der Waals surface area contributed by atoms with Gasteiger partial charge in [-0.2, -0.15) is 0 Å². The van der Waals surface area contributed by atoms with E-state index in [2.05, 4.69) is 20.7 Å². The van der Waals surface area contributed by atoms with Gasteiger partial charge in [0.15, 0.2) is 0 Å². The van der Waals surface area contributed by atoms with E-state index in [0.29, 0.717) is 19.1 Å². The molecule has 0 aliphatic rings. The Kier molecular flexibility index (Phi) is 5.98. The smallest absolute Gasteiger partial charge is 0.210 e. The molecule has 0 unspecified atom stereocenters. The summed E-state index contributed by atoms with van der Waals surface area (Å²) in [4.78, 5) is 8.34. The van der Waals surface area contributed by atoms with E-state index in [1.54, 1.807) is 19.5 Å². The minimum atomic E-state index is 0.522. The Morgan fingerprint density at radius 3 is 3.00 bits per heavy atom. The summed E-state index contributed by atoms with van der Waals surface area (Å²) in [6.45, 7) is 3.32. The van der Waals surface area contributed by atoms with E-state index < -0.39 is 0 Å². The number of guanidine groups is 1. The van der Waals surface area contributed by atoms with Crippen molar-refractivity contribution in [3.8, 4) is 0 Å². The molecule has 4 N–H and O–H groups in total. The van der Waals surface area contributed by atoms with Gasteiger partial charge in [-0.1, -0.05) is 0 Å². The van der Waals surface area contributed by atoms with Gasteiger partial charge in [0.05, 0.1) is 11.9 Å². The lowest BCUT2D eigenvalue weighted by atomic mass is 10.3. The zero-order chi connectivity index (χ0) is 12.5. The van der Waals surface area contributed by atoms with Crippen molar-refractivity contribution in [1.82, 2.24) is 10.4 Å². The van der Waals surface area contributed by atoms with Gasteiger partial charge < -0.3 is 10.1 Å². The molecule has 0 bridgehead atoms. The second-order valence-corrected chi connectivity index (χ2v) is 3.60. The Labute approximate surface area is 101 Å². The Balaban J connectivity index is 2.51. The number of nitrogens with zero attached hydrogens (tertiary/aromatic N) is 2. The number of aliphatic imine (C=N–C) groups is 1. The predicted octanol–water partition coefficient (Wildman–Crippen LogP) is 0.658. The average Bonchev–Trinajstić information content (AvgIpc) is 2.33. The Morgan fingerprint density at radius 1 is 1.53 bits per heavy atom. The van der Waals surface area contributed by atoms with E-state index in [4.69, 9.17) is 10.6 Å². The number of aryl methyl sites for hydroxylation is 1. The first-order chi connectivity index (χ1) is 8.26. The predicted molar refractivity (Wildman–Crippen MR) is 68.7 cm³/mol. The quantitative estimate of drug-likeness (QED) is 0.230. The molecule has 6 nitrogen and oxygen atoms in total. The van der Waals surface area contributed by atoms with Gasteiger partial charge in [0, 0.05) is 26.5 Å². The molecule has 0 fully saturated rings. The number of anilines is 1. The van der Waals surface area contributed by atoms with Crippen molar-refractivity contribution >= 4 is 11.6 Å². The number of methoxy groups -OCH3 is 1. The van der Waals surface area contributed by atoms with Gasteiger partial charge in [0.2, 0.25) is 5.96 Å². The van der Waals surface area contributed by atoms with Crippen LogP contribution in [0.4, 0.5) is 5.69 Å². The summed E-state index contributed by atoms with van der Waals surface area (Å²) in [6, 6.07) is 1.97. The maximum atomic E-state index is 5.38. The number of nitrogens with two attached hydrogens (primary N) is 1. The fourth-order valence-corrected chi connectivity index (χ4v) is 1.28. The van der Waals surface area contributed by atoms with Crippen LogP contribution in [0.3, 0.4) is 0 Å². The van der Waals surface area contributed by atoms with Crippen LogP contribution in [0, 0.1) is 6.92 Å². The third-order valence-corrected chi connectivity index (χ3v) is 2.05. The van der Waals surface area contributed by atoms with E-state index in [9.17, 15) is 0 Å². The monoisotopic (exact) mass is 237 g/mol. The molecule has 0 saturated carbocycles. The van der Waals surface area contributed by atoms with E-state index in [0.717, 1.165) is 17.7 Å². The van der Waals surface area contributed by atoms with Gasteiger partial charge in [-0.05, 0) is 25.0 Å². The molecule has 0 spiro atoms. The van der Waals surface area contributed by atoms with Crippen LogP contribution in [0.15, 0.2) is 23.5 Å². The van der Waals surface area contributed by atoms with Crippen LogP contribution in [-0.4, -0.2) is 31.2 Å². The number of rotatable bonds is 5. The molecule has 1 aromatic rings. The molecule has 94 valence electrons. The number of nitrogens with one attached hydrogen (secondary N) is 2. The zero-order valence-electron chi connectivity index (χ0n) is 10.2. The molecule has 0 atom stereocenters. The van der Waals surface area contributed by atoms with Gasteiger partial charge in [0.25, 0.3) is 0 Å². The van der Waals surface area contributed by atoms with Crippen molar-refractivity contribution in [3.63, 3.8) is 0 Å². The summed E-state index contributed by atoms with van der Waals surface area (Å²) in [6.07, 6.45) is 4.36. The van der Waals surface area contributed by atoms with Crippen LogP contribution in [0.1, 0.15) is 12.0 Å². The van der Waals surface area contributed by atoms with Crippen LogP contribution in [0.25, 0.3) is 0 Å². The minimum Gasteiger partial charge on any atom is -0.385 e. The van der Waals surface area contributed by atoms with Crippen LogP contribution >= 0.6 is 0 Å². The maximum absolute atomic E-state index is 5.38. The second kappa shape index (κ2) is 7.59. The van der Waals surface area contributed by atoms with Crippen LogP contribution in [0.5, 0.6) is 0 Å². The summed E-state index contributed by atoms with van der Waals surface area (Å²) >= 11 is 0. The van der Waals surface area contributed by atoms with Crippen molar-refractivity contribution in [2.24, 2.45) is 10.8 Å². The van der Waals surface area contributed by atoms with Gasteiger partial charge in [-0.15, -0.1) is 0 Å². The van der Waals surface area contributed by atoms with E-state index in [-0.39, 0.29) is 0 Å². The fourth-order valence-electron chi connectivity index (χ4n) is 1.28. The largest absolute Gasteiger partial charge is 0.385 e. The number of pyridine rings is 1. The highest BCUT2D eigenvalue weighted by atomic mass is 16.5. The summed E-state index contributed by atoms with van der Waals surface area (Å²) in [7, 11) is 1.67. The van der Waals surface area contributed by atoms with Gasteiger partial charge in [0.1, 0.15) is 0 Å². The molecule has 17 heavy (non-hydrogen) atoms. The molecular formula is C11H19N5O. The Bertz CT molecular complexity index is 367. The molecule has 1 aromatic heterocycles. The van der Waals surface area contributed by atoms with Crippen molar-refractivity contribution in [3.05, 3.63) is 24.0 Å². The molecular weight excluding hydrogens is 218 g/mol. The van der Waals surface area contributed by atoms with Gasteiger partial charge in [-0.3, -0.25) is 15.4 Å². The highest BCUT2D eigenvalue weighted by Gasteiger charge is 1.98. The number of ether oxygens (including phenoxy) is 1. The second-order valence-electron chi connectivity index (χ2n) is 3.60. The first kappa shape index (κ1) is 13.4. The lowest BCUT2D eigenvalue weighted by molar-refractivity contribution is 0.197. The Hall–Kier alpha value is -1.66. The van der Waals surface area contributed by atoms with Gasteiger partial charge >= 0.3 is 0 Å². The van der Waals surface area contributed by atoms with E-state index >= 15 is 0 Å². The third-order valence-electron chi connectivity index (χ3n) is 2.05. The number of hydrogen-bond donors (Lipinski definition) is 3. The first-order valence-corrected chi connectivity index (χ1v) is 5.45. The highest BCUT2D eigenvalue weighted by Crippen LogP contribution is 2.06. The minimum absolute atomic E-state index is 0.522. The first-order valence-electron chi connectivity index (χ1n) is 5.45. The Morgan fingerprint density at radius 2 is 2.35 bits per heavy atom. The lowest BCUT2D eigenvalue weighted by Crippen LogP contribution is -2.36. The highest BCUT2D eigenvalue weighted by molar-refractivity contribution is 5.93. The molecule has 0 amide bonds. The van der Waals surface area contributed by atoms with Gasteiger partial charge in [-0.25, -0.2) is 5.84 Å². The number of hydrazine groups is 1. The van der Waals surface area contributed by atoms with Crippen molar-refractivity contribution in [2.75, 3.05) is 25.6 Å². The van der Waals surface area contributed by atoms with Crippen LogP contribution in [0.2, 0.25) is 0 Å². The molecule has 0 aliphatic heterocycles. The van der Waals surface area contributed by atoms with Crippen LogP contribution < -0.4 is 16.6 Å². The lowest BCUT2D eigenvalue weighted by Gasteiger charge is -2.09. The summed E-state index contributed by atoms with van der Waals surface area (Å²) in [5.41, 5.74) is 4.45. The fraction of sp³-hybridized carbons (Fsp3) is 0.455. The third kappa shape index (κ3) is 5.28. The molecule has 0 aromatic carbocycles.